The largest absolute Gasteiger partial charge is 0.434 e. The highest BCUT2D eigenvalue weighted by molar-refractivity contribution is 5.35. The summed E-state index contributed by atoms with van der Waals surface area (Å²) in [6, 6.07) is 6.59. The van der Waals surface area contributed by atoms with Gasteiger partial charge in [-0.1, -0.05) is 23.4 Å². The fraction of sp³-hybridized carbons (Fsp3) is 0.385. The van der Waals surface area contributed by atoms with E-state index in [2.05, 4.69) is 20.4 Å². The molecule has 0 spiro atoms. The summed E-state index contributed by atoms with van der Waals surface area (Å²) in [5, 5.41) is 11.0. The number of nitrogens with zero attached hydrogens (tertiary/aromatic N) is 3. The van der Waals surface area contributed by atoms with Crippen LogP contribution >= 0.6 is 0 Å². The average Bonchev–Trinajstić information content (AvgIpc) is 2.82. The van der Waals surface area contributed by atoms with Gasteiger partial charge in [-0.25, -0.2) is 0 Å². The van der Waals surface area contributed by atoms with E-state index in [0.717, 1.165) is 5.69 Å². The third kappa shape index (κ3) is 3.74. The standard InChI is InChI=1S/C13H16F2N4O/c1-9(16-7-10-8-19(2)18-17-10)11-5-3-4-6-12(11)20-13(14)15/h3-6,8-9,13,16H,7H2,1-2H3. The smallest absolute Gasteiger partial charge is 0.387 e. The molecule has 0 bridgehead atoms. The quantitative estimate of drug-likeness (QED) is 0.883. The Bertz CT molecular complexity index is 559. The van der Waals surface area contributed by atoms with E-state index in [-0.39, 0.29) is 11.8 Å². The molecule has 0 aliphatic heterocycles. The SMILES string of the molecule is CC(NCc1cn(C)nn1)c1ccccc1OC(F)F. The van der Waals surface area contributed by atoms with Crippen molar-refractivity contribution in [3.8, 4) is 5.75 Å². The molecule has 0 aliphatic carbocycles. The number of hydrogen-bond donors (Lipinski definition) is 1. The molecule has 0 saturated carbocycles. The highest BCUT2D eigenvalue weighted by Gasteiger charge is 2.14. The molecule has 1 aromatic heterocycles. The maximum atomic E-state index is 12.4. The number of aromatic nitrogens is 3. The second kappa shape index (κ2) is 6.42. The number of benzene rings is 1. The topological polar surface area (TPSA) is 52.0 Å². The summed E-state index contributed by atoms with van der Waals surface area (Å²) in [4.78, 5) is 0. The van der Waals surface area contributed by atoms with Crippen LogP contribution < -0.4 is 10.1 Å². The predicted octanol–water partition coefficient (Wildman–Crippen LogP) is 2.27. The van der Waals surface area contributed by atoms with Gasteiger partial charge in [0, 0.05) is 31.4 Å². The number of hydrogen-bond acceptors (Lipinski definition) is 4. The first-order chi connectivity index (χ1) is 9.56. The van der Waals surface area contributed by atoms with Crippen molar-refractivity contribution in [2.75, 3.05) is 0 Å². The van der Waals surface area contributed by atoms with Crippen LogP contribution in [0.5, 0.6) is 5.75 Å². The summed E-state index contributed by atoms with van der Waals surface area (Å²) < 4.78 is 30.8. The normalized spacial score (nSPS) is 12.7. The first-order valence-corrected chi connectivity index (χ1v) is 6.18. The fourth-order valence-electron chi connectivity index (χ4n) is 1.89. The van der Waals surface area contributed by atoms with Gasteiger partial charge in [-0.05, 0) is 13.0 Å². The molecule has 1 atom stereocenters. The van der Waals surface area contributed by atoms with Crippen LogP contribution in [0.3, 0.4) is 0 Å². The van der Waals surface area contributed by atoms with Gasteiger partial charge in [0.05, 0.1) is 5.69 Å². The molecule has 1 aromatic carbocycles. The van der Waals surface area contributed by atoms with Gasteiger partial charge in [0.2, 0.25) is 0 Å². The summed E-state index contributed by atoms with van der Waals surface area (Å²) in [7, 11) is 1.78. The van der Waals surface area contributed by atoms with Gasteiger partial charge in [0.15, 0.2) is 0 Å². The summed E-state index contributed by atoms with van der Waals surface area (Å²) in [5.74, 6) is 0.182. The van der Waals surface area contributed by atoms with Gasteiger partial charge in [-0.3, -0.25) is 4.68 Å². The molecule has 108 valence electrons. The van der Waals surface area contributed by atoms with Gasteiger partial charge in [0.25, 0.3) is 0 Å². The molecule has 2 aromatic rings. The Hall–Kier alpha value is -2.02. The number of alkyl halides is 2. The third-order valence-electron chi connectivity index (χ3n) is 2.84. The van der Waals surface area contributed by atoms with Crippen LogP contribution in [-0.2, 0) is 13.6 Å². The lowest BCUT2D eigenvalue weighted by atomic mass is 10.1. The summed E-state index contributed by atoms with van der Waals surface area (Å²) in [6.45, 7) is -0.453. The third-order valence-corrected chi connectivity index (χ3v) is 2.84. The van der Waals surface area contributed by atoms with Gasteiger partial charge in [0.1, 0.15) is 5.75 Å². The molecular formula is C13H16F2N4O. The van der Waals surface area contributed by atoms with E-state index >= 15 is 0 Å². The Labute approximate surface area is 115 Å². The fourth-order valence-corrected chi connectivity index (χ4v) is 1.89. The molecule has 0 amide bonds. The Morgan fingerprint density at radius 1 is 1.35 bits per heavy atom. The van der Waals surface area contributed by atoms with E-state index in [4.69, 9.17) is 0 Å². The molecule has 1 heterocycles. The van der Waals surface area contributed by atoms with Crippen LogP contribution in [0, 0.1) is 0 Å². The van der Waals surface area contributed by atoms with Crippen LogP contribution in [0.1, 0.15) is 24.2 Å². The molecule has 5 nitrogen and oxygen atoms in total. The van der Waals surface area contributed by atoms with Gasteiger partial charge in [-0.15, -0.1) is 5.10 Å². The Balaban J connectivity index is 2.03. The number of ether oxygens (including phenoxy) is 1. The van der Waals surface area contributed by atoms with Crippen molar-refractivity contribution in [1.29, 1.82) is 0 Å². The lowest BCUT2D eigenvalue weighted by molar-refractivity contribution is -0.0506. The van der Waals surface area contributed by atoms with Crippen molar-refractivity contribution in [3.05, 3.63) is 41.7 Å². The van der Waals surface area contributed by atoms with Crippen molar-refractivity contribution >= 4 is 0 Å². The highest BCUT2D eigenvalue weighted by Crippen LogP contribution is 2.26. The molecular weight excluding hydrogens is 266 g/mol. The molecule has 2 rings (SSSR count). The summed E-state index contributed by atoms with van der Waals surface area (Å²) in [5.41, 5.74) is 1.46. The number of aryl methyl sites for hydroxylation is 1. The van der Waals surface area contributed by atoms with Gasteiger partial charge < -0.3 is 10.1 Å². The molecule has 7 heteroatoms. The van der Waals surface area contributed by atoms with Crippen LogP contribution in [0.25, 0.3) is 0 Å². The highest BCUT2D eigenvalue weighted by atomic mass is 19.3. The summed E-state index contributed by atoms with van der Waals surface area (Å²) >= 11 is 0. The maximum Gasteiger partial charge on any atom is 0.387 e. The van der Waals surface area contributed by atoms with E-state index in [1.54, 1.807) is 36.1 Å². The minimum absolute atomic E-state index is 0.146. The Morgan fingerprint density at radius 3 is 2.75 bits per heavy atom. The second-order valence-electron chi connectivity index (χ2n) is 4.40. The van der Waals surface area contributed by atoms with E-state index in [1.807, 2.05) is 6.92 Å². The zero-order valence-electron chi connectivity index (χ0n) is 11.3. The lowest BCUT2D eigenvalue weighted by Crippen LogP contribution is -2.19. The van der Waals surface area contributed by atoms with E-state index < -0.39 is 6.61 Å². The minimum Gasteiger partial charge on any atom is -0.434 e. The van der Waals surface area contributed by atoms with E-state index in [0.29, 0.717) is 12.1 Å². The Kier molecular flexibility index (Phi) is 4.62. The van der Waals surface area contributed by atoms with E-state index in [1.165, 1.54) is 6.07 Å². The van der Waals surface area contributed by atoms with Crippen molar-refractivity contribution in [2.24, 2.45) is 7.05 Å². The molecule has 1 N–H and O–H groups in total. The molecule has 0 aliphatic rings. The van der Waals surface area contributed by atoms with Crippen LogP contribution in [0.4, 0.5) is 8.78 Å². The van der Waals surface area contributed by atoms with Crippen molar-refractivity contribution in [3.63, 3.8) is 0 Å². The van der Waals surface area contributed by atoms with Crippen molar-refractivity contribution < 1.29 is 13.5 Å². The Morgan fingerprint density at radius 2 is 2.10 bits per heavy atom. The predicted molar refractivity (Wildman–Crippen MR) is 69.3 cm³/mol. The monoisotopic (exact) mass is 282 g/mol. The minimum atomic E-state index is -2.83. The molecule has 20 heavy (non-hydrogen) atoms. The zero-order valence-corrected chi connectivity index (χ0v) is 11.3. The van der Waals surface area contributed by atoms with Gasteiger partial charge in [-0.2, -0.15) is 8.78 Å². The first kappa shape index (κ1) is 14.4. The zero-order chi connectivity index (χ0) is 14.5. The maximum absolute atomic E-state index is 12.4. The number of para-hydroxylation sites is 1. The molecule has 0 radical (unpaired) electrons. The number of rotatable bonds is 6. The van der Waals surface area contributed by atoms with Crippen molar-refractivity contribution in [2.45, 2.75) is 26.1 Å². The lowest BCUT2D eigenvalue weighted by Gasteiger charge is -2.17. The number of halogens is 2. The molecule has 0 saturated heterocycles. The number of nitrogens with one attached hydrogen (secondary N) is 1. The first-order valence-electron chi connectivity index (χ1n) is 6.18. The van der Waals surface area contributed by atoms with Crippen LogP contribution in [-0.4, -0.2) is 21.6 Å². The molecule has 0 fully saturated rings. The van der Waals surface area contributed by atoms with Crippen LogP contribution in [0.2, 0.25) is 0 Å². The second-order valence-corrected chi connectivity index (χ2v) is 4.40. The van der Waals surface area contributed by atoms with Crippen molar-refractivity contribution in [1.82, 2.24) is 20.3 Å². The van der Waals surface area contributed by atoms with E-state index in [9.17, 15) is 8.78 Å². The molecule has 1 unspecified atom stereocenters. The summed E-state index contributed by atoms with van der Waals surface area (Å²) in [6.07, 6.45) is 1.79. The average molecular weight is 282 g/mol. The van der Waals surface area contributed by atoms with Crippen LogP contribution in [0.15, 0.2) is 30.5 Å². The van der Waals surface area contributed by atoms with Gasteiger partial charge >= 0.3 is 6.61 Å².